The molecule has 0 bridgehead atoms. The SMILES string of the molecule is C[C@@H]1C[C@@]2(CCC(=O)O2)[C@@]2(C)CC[C@H]3[C@@H]([C@H]4C[C@H]4C4=CC(=O)CC[C@@]43C)[C@H]12. The summed E-state index contributed by atoms with van der Waals surface area (Å²) in [6, 6.07) is 0. The van der Waals surface area contributed by atoms with Gasteiger partial charge in [-0.15, -0.1) is 0 Å². The minimum Gasteiger partial charge on any atom is -0.458 e. The average molecular weight is 369 g/mol. The number of ketones is 1. The fourth-order valence-corrected chi connectivity index (χ4v) is 9.25. The van der Waals surface area contributed by atoms with Crippen molar-refractivity contribution in [3.63, 3.8) is 0 Å². The number of carbonyl (C=O) groups is 2. The molecular weight excluding hydrogens is 336 g/mol. The van der Waals surface area contributed by atoms with E-state index in [2.05, 4.69) is 26.8 Å². The number of hydrogen-bond acceptors (Lipinski definition) is 3. The van der Waals surface area contributed by atoms with Crippen LogP contribution in [-0.4, -0.2) is 17.4 Å². The van der Waals surface area contributed by atoms with Gasteiger partial charge in [0.15, 0.2) is 5.78 Å². The van der Waals surface area contributed by atoms with Crippen LogP contribution in [0.15, 0.2) is 11.6 Å². The van der Waals surface area contributed by atoms with Crippen LogP contribution >= 0.6 is 0 Å². The molecule has 9 atom stereocenters. The Bertz CT molecular complexity index is 782. The van der Waals surface area contributed by atoms with Crippen molar-refractivity contribution < 1.29 is 14.3 Å². The Labute approximate surface area is 162 Å². The molecule has 3 nitrogen and oxygen atoms in total. The van der Waals surface area contributed by atoms with Gasteiger partial charge in [-0.25, -0.2) is 0 Å². The molecule has 5 aliphatic carbocycles. The molecule has 27 heavy (non-hydrogen) atoms. The Hall–Kier alpha value is -1.12. The largest absolute Gasteiger partial charge is 0.458 e. The summed E-state index contributed by atoms with van der Waals surface area (Å²) in [5.74, 6) is 4.62. The molecule has 1 saturated heterocycles. The van der Waals surface area contributed by atoms with Gasteiger partial charge >= 0.3 is 5.97 Å². The van der Waals surface area contributed by atoms with Crippen molar-refractivity contribution in [2.75, 3.05) is 0 Å². The van der Waals surface area contributed by atoms with Gasteiger partial charge in [-0.3, -0.25) is 9.59 Å². The molecular formula is C24H32O3. The zero-order valence-electron chi connectivity index (χ0n) is 16.9. The normalized spacial score (nSPS) is 58.1. The van der Waals surface area contributed by atoms with Gasteiger partial charge in [-0.2, -0.15) is 0 Å². The molecule has 5 fully saturated rings. The van der Waals surface area contributed by atoms with Crippen LogP contribution in [0.1, 0.15) is 72.1 Å². The molecule has 1 spiro atoms. The van der Waals surface area contributed by atoms with Crippen LogP contribution in [0.3, 0.4) is 0 Å². The second-order valence-electron chi connectivity index (χ2n) is 11.3. The van der Waals surface area contributed by atoms with Crippen molar-refractivity contribution in [2.24, 2.45) is 46.3 Å². The molecule has 4 saturated carbocycles. The van der Waals surface area contributed by atoms with Gasteiger partial charge in [0.2, 0.25) is 0 Å². The van der Waals surface area contributed by atoms with Crippen LogP contribution in [-0.2, 0) is 14.3 Å². The zero-order valence-corrected chi connectivity index (χ0v) is 16.9. The summed E-state index contributed by atoms with van der Waals surface area (Å²) < 4.78 is 6.13. The molecule has 0 amide bonds. The first-order valence-electron chi connectivity index (χ1n) is 11.3. The average Bonchev–Trinajstić information content (AvgIpc) is 3.27. The van der Waals surface area contributed by atoms with E-state index in [-0.39, 0.29) is 22.4 Å². The molecule has 146 valence electrons. The smallest absolute Gasteiger partial charge is 0.306 e. The van der Waals surface area contributed by atoms with Crippen LogP contribution in [0.4, 0.5) is 0 Å². The summed E-state index contributed by atoms with van der Waals surface area (Å²) >= 11 is 0. The summed E-state index contributed by atoms with van der Waals surface area (Å²) in [7, 11) is 0. The van der Waals surface area contributed by atoms with Gasteiger partial charge in [0.25, 0.3) is 0 Å². The first-order chi connectivity index (χ1) is 12.8. The Balaban J connectivity index is 1.43. The molecule has 6 rings (SSSR count). The molecule has 6 aliphatic rings. The van der Waals surface area contributed by atoms with Crippen molar-refractivity contribution in [2.45, 2.75) is 77.7 Å². The van der Waals surface area contributed by atoms with Crippen molar-refractivity contribution in [3.05, 3.63) is 11.6 Å². The van der Waals surface area contributed by atoms with E-state index in [1.165, 1.54) is 24.8 Å². The number of rotatable bonds is 0. The Morgan fingerprint density at radius 1 is 1.11 bits per heavy atom. The Morgan fingerprint density at radius 3 is 2.67 bits per heavy atom. The molecule has 0 aromatic rings. The highest BCUT2D eigenvalue weighted by atomic mass is 16.6. The van der Waals surface area contributed by atoms with Crippen LogP contribution in [0.5, 0.6) is 0 Å². The maximum Gasteiger partial charge on any atom is 0.306 e. The summed E-state index contributed by atoms with van der Waals surface area (Å²) in [6.07, 6.45) is 10.2. The van der Waals surface area contributed by atoms with E-state index in [1.54, 1.807) is 0 Å². The van der Waals surface area contributed by atoms with Gasteiger partial charge in [0, 0.05) is 18.3 Å². The summed E-state index contributed by atoms with van der Waals surface area (Å²) in [6.45, 7) is 7.37. The van der Waals surface area contributed by atoms with E-state index in [4.69, 9.17) is 4.74 Å². The molecule has 0 radical (unpaired) electrons. The van der Waals surface area contributed by atoms with E-state index in [1.807, 2.05) is 0 Å². The highest BCUT2D eigenvalue weighted by Gasteiger charge is 2.73. The number of allylic oxidation sites excluding steroid dienone is 1. The number of hydrogen-bond donors (Lipinski definition) is 0. The van der Waals surface area contributed by atoms with Crippen LogP contribution < -0.4 is 0 Å². The monoisotopic (exact) mass is 368 g/mol. The second kappa shape index (κ2) is 4.89. The summed E-state index contributed by atoms with van der Waals surface area (Å²) in [4.78, 5) is 24.2. The third kappa shape index (κ3) is 1.85. The molecule has 0 unspecified atom stereocenters. The predicted molar refractivity (Wildman–Crippen MR) is 102 cm³/mol. The van der Waals surface area contributed by atoms with Crippen LogP contribution in [0.25, 0.3) is 0 Å². The minimum absolute atomic E-state index is 0.0297. The van der Waals surface area contributed by atoms with E-state index in [0.29, 0.717) is 35.9 Å². The lowest BCUT2D eigenvalue weighted by atomic mass is 9.45. The molecule has 0 N–H and O–H groups in total. The molecule has 0 aromatic heterocycles. The summed E-state index contributed by atoms with van der Waals surface area (Å²) in [5.41, 5.74) is 1.71. The van der Waals surface area contributed by atoms with Crippen molar-refractivity contribution in [1.29, 1.82) is 0 Å². The molecule has 3 heteroatoms. The topological polar surface area (TPSA) is 43.4 Å². The van der Waals surface area contributed by atoms with Gasteiger partial charge in [0.05, 0.1) is 0 Å². The number of esters is 1. The quantitative estimate of drug-likeness (QED) is 0.582. The van der Waals surface area contributed by atoms with E-state index in [9.17, 15) is 9.59 Å². The van der Waals surface area contributed by atoms with Gasteiger partial charge in [0.1, 0.15) is 5.60 Å². The van der Waals surface area contributed by atoms with Crippen molar-refractivity contribution >= 4 is 11.8 Å². The third-order valence-electron chi connectivity index (χ3n) is 10.4. The van der Waals surface area contributed by atoms with E-state index < -0.39 is 0 Å². The third-order valence-corrected chi connectivity index (χ3v) is 10.4. The molecule has 0 aromatic carbocycles. The Kier molecular flexibility index (Phi) is 3.04. The van der Waals surface area contributed by atoms with E-state index >= 15 is 0 Å². The minimum atomic E-state index is -0.191. The highest BCUT2D eigenvalue weighted by Crippen LogP contribution is 2.76. The molecule has 1 heterocycles. The summed E-state index contributed by atoms with van der Waals surface area (Å²) in [5, 5.41) is 0. The first kappa shape index (κ1) is 16.8. The van der Waals surface area contributed by atoms with Crippen LogP contribution in [0.2, 0.25) is 0 Å². The van der Waals surface area contributed by atoms with Gasteiger partial charge < -0.3 is 4.74 Å². The second-order valence-corrected chi connectivity index (χ2v) is 11.3. The number of ether oxygens (including phenoxy) is 1. The van der Waals surface area contributed by atoms with Crippen LogP contribution in [0, 0.1) is 46.3 Å². The van der Waals surface area contributed by atoms with Gasteiger partial charge in [-0.05, 0) is 85.5 Å². The van der Waals surface area contributed by atoms with E-state index in [0.717, 1.165) is 37.5 Å². The lowest BCUT2D eigenvalue weighted by molar-refractivity contribution is -0.169. The number of carbonyl (C=O) groups excluding carboxylic acids is 2. The standard InChI is InChI=1S/C24H32O3/c1-13-12-24(9-6-19(26)27-24)23(3)8-5-17-20(21(13)23)16-11-15(16)18-10-14(25)4-7-22(17,18)2/h10,13,15-17,20-21H,4-9,11-12H2,1-3H3/t13-,15-,16+,17+,20-,21+,22-,23+,24+/m1/s1. The Morgan fingerprint density at radius 2 is 1.93 bits per heavy atom. The van der Waals surface area contributed by atoms with Crippen molar-refractivity contribution in [3.8, 4) is 0 Å². The highest BCUT2D eigenvalue weighted by molar-refractivity contribution is 5.92. The lowest BCUT2D eigenvalue weighted by Gasteiger charge is -2.59. The predicted octanol–water partition coefficient (Wildman–Crippen LogP) is 4.70. The van der Waals surface area contributed by atoms with Crippen molar-refractivity contribution in [1.82, 2.24) is 0 Å². The first-order valence-corrected chi connectivity index (χ1v) is 11.3. The fraction of sp³-hybridized carbons (Fsp3) is 0.833. The van der Waals surface area contributed by atoms with Gasteiger partial charge in [-0.1, -0.05) is 26.3 Å². The molecule has 1 aliphatic heterocycles. The zero-order chi connectivity index (χ0) is 18.8. The lowest BCUT2D eigenvalue weighted by Crippen LogP contribution is -2.56. The maximum absolute atomic E-state index is 12.1. The number of fused-ring (bicyclic) bond motifs is 9. The fourth-order valence-electron chi connectivity index (χ4n) is 9.25. The maximum atomic E-state index is 12.1.